The third kappa shape index (κ3) is 2.15. The number of nitrogens with two attached hydrogens (primary N) is 1. The predicted molar refractivity (Wildman–Crippen MR) is 45.3 cm³/mol. The van der Waals surface area contributed by atoms with Crippen LogP contribution in [0.15, 0.2) is 0 Å². The fraction of sp³-hybridized carbons (Fsp3) is 1.00. The van der Waals surface area contributed by atoms with Crippen LogP contribution < -0.4 is 5.73 Å². The highest BCUT2D eigenvalue weighted by molar-refractivity contribution is 4.83. The average Bonchev–Trinajstić information content (AvgIpc) is 1.94. The Hall–Kier alpha value is -0.120. The lowest BCUT2D eigenvalue weighted by molar-refractivity contribution is 0.0391. The topological polar surface area (TPSA) is 49.5 Å². The first kappa shape index (κ1) is 8.97. The molecule has 0 aliphatic carbocycles. The summed E-state index contributed by atoms with van der Waals surface area (Å²) < 4.78 is 0. The maximum atomic E-state index is 9.43. The second-order valence-corrected chi connectivity index (χ2v) is 3.61. The molecular formula is C8H18N2O. The summed E-state index contributed by atoms with van der Waals surface area (Å²) in [6.07, 6.45) is 0.588. The summed E-state index contributed by atoms with van der Waals surface area (Å²) in [6, 6.07) is 0.516. The lowest BCUT2D eigenvalue weighted by atomic mass is 10.0. The van der Waals surface area contributed by atoms with Crippen molar-refractivity contribution in [1.82, 2.24) is 4.90 Å². The Morgan fingerprint density at radius 1 is 1.55 bits per heavy atom. The number of hydrogen-bond acceptors (Lipinski definition) is 3. The number of aliphatic hydroxyl groups is 1. The third-order valence-corrected chi connectivity index (χ3v) is 2.40. The molecule has 66 valence electrons. The lowest BCUT2D eigenvalue weighted by Gasteiger charge is -2.36. The molecule has 1 heterocycles. The number of likely N-dealkylation sites (tertiary alicyclic amines) is 1. The van der Waals surface area contributed by atoms with Crippen LogP contribution in [0.25, 0.3) is 0 Å². The van der Waals surface area contributed by atoms with Crippen molar-refractivity contribution in [3.05, 3.63) is 0 Å². The van der Waals surface area contributed by atoms with Crippen LogP contribution in [-0.4, -0.2) is 41.3 Å². The fourth-order valence-electron chi connectivity index (χ4n) is 1.44. The van der Waals surface area contributed by atoms with E-state index in [-0.39, 0.29) is 12.1 Å². The molecule has 1 rings (SSSR count). The van der Waals surface area contributed by atoms with Crippen molar-refractivity contribution < 1.29 is 5.11 Å². The van der Waals surface area contributed by atoms with Gasteiger partial charge in [-0.3, -0.25) is 4.90 Å². The van der Waals surface area contributed by atoms with Gasteiger partial charge in [-0.15, -0.1) is 0 Å². The van der Waals surface area contributed by atoms with Crippen molar-refractivity contribution >= 4 is 0 Å². The highest BCUT2D eigenvalue weighted by atomic mass is 16.3. The molecule has 2 atom stereocenters. The molecule has 0 radical (unpaired) electrons. The number of piperidine rings is 1. The Bertz CT molecular complexity index is 127. The van der Waals surface area contributed by atoms with E-state index in [1.165, 1.54) is 0 Å². The van der Waals surface area contributed by atoms with Gasteiger partial charge in [0, 0.05) is 25.2 Å². The molecular weight excluding hydrogens is 140 g/mol. The summed E-state index contributed by atoms with van der Waals surface area (Å²) in [7, 11) is 0. The number of rotatable bonds is 1. The molecule has 3 N–H and O–H groups in total. The first-order valence-corrected chi connectivity index (χ1v) is 4.29. The summed E-state index contributed by atoms with van der Waals surface area (Å²) in [5, 5.41) is 9.43. The van der Waals surface area contributed by atoms with Crippen LogP contribution >= 0.6 is 0 Å². The number of hydrogen-bond donors (Lipinski definition) is 2. The van der Waals surface area contributed by atoms with Crippen molar-refractivity contribution in [2.24, 2.45) is 5.73 Å². The second-order valence-electron chi connectivity index (χ2n) is 3.61. The smallest absolute Gasteiger partial charge is 0.0818 e. The van der Waals surface area contributed by atoms with E-state index in [0.717, 1.165) is 19.5 Å². The van der Waals surface area contributed by atoms with E-state index < -0.39 is 0 Å². The lowest BCUT2D eigenvalue weighted by Crippen LogP contribution is -2.52. The van der Waals surface area contributed by atoms with Gasteiger partial charge in [0.05, 0.1) is 6.10 Å². The van der Waals surface area contributed by atoms with Crippen LogP contribution in [0.2, 0.25) is 0 Å². The zero-order valence-electron chi connectivity index (χ0n) is 7.33. The summed E-state index contributed by atoms with van der Waals surface area (Å²) in [6.45, 7) is 6.04. The van der Waals surface area contributed by atoms with Gasteiger partial charge in [-0.2, -0.15) is 0 Å². The molecule has 3 heteroatoms. The van der Waals surface area contributed by atoms with Crippen LogP contribution in [0.4, 0.5) is 0 Å². The van der Waals surface area contributed by atoms with Gasteiger partial charge in [-0.1, -0.05) is 0 Å². The van der Waals surface area contributed by atoms with Crippen LogP contribution in [0, 0.1) is 0 Å². The summed E-state index contributed by atoms with van der Waals surface area (Å²) >= 11 is 0. The minimum absolute atomic E-state index is 0.00926. The van der Waals surface area contributed by atoms with E-state index >= 15 is 0 Å². The molecule has 0 bridgehead atoms. The molecule has 0 aromatic rings. The van der Waals surface area contributed by atoms with Crippen LogP contribution in [-0.2, 0) is 0 Å². The van der Waals surface area contributed by atoms with E-state index in [2.05, 4.69) is 18.7 Å². The second kappa shape index (κ2) is 3.52. The van der Waals surface area contributed by atoms with Gasteiger partial charge >= 0.3 is 0 Å². The van der Waals surface area contributed by atoms with E-state index in [9.17, 15) is 5.11 Å². The number of nitrogens with zero attached hydrogens (tertiary/aromatic N) is 1. The largest absolute Gasteiger partial charge is 0.390 e. The van der Waals surface area contributed by atoms with Gasteiger partial charge in [0.2, 0.25) is 0 Å². The molecule has 1 aliphatic rings. The van der Waals surface area contributed by atoms with Gasteiger partial charge in [-0.25, -0.2) is 0 Å². The van der Waals surface area contributed by atoms with Gasteiger partial charge in [0.25, 0.3) is 0 Å². The molecule has 0 amide bonds. The Labute approximate surface area is 68.2 Å². The highest BCUT2D eigenvalue weighted by Crippen LogP contribution is 2.11. The standard InChI is InChI=1S/C8H18N2O/c1-6(2)10-4-3-7(9)8(11)5-10/h6-8,11H,3-5,9H2,1-2H3/t7-,8-/m0/s1. The van der Waals surface area contributed by atoms with E-state index in [1.54, 1.807) is 0 Å². The van der Waals surface area contributed by atoms with Gasteiger partial charge < -0.3 is 10.8 Å². The van der Waals surface area contributed by atoms with Crippen LogP contribution in [0.5, 0.6) is 0 Å². The quantitative estimate of drug-likeness (QED) is 0.555. The average molecular weight is 158 g/mol. The zero-order valence-corrected chi connectivity index (χ0v) is 7.33. The molecule has 0 saturated carbocycles. The maximum absolute atomic E-state index is 9.43. The van der Waals surface area contributed by atoms with Gasteiger partial charge in [-0.05, 0) is 20.3 Å². The number of aliphatic hydroxyl groups excluding tert-OH is 1. The number of β-amino-alcohol motifs (C(OH)–C–C–N with tert-alkyl or cyclic N) is 1. The summed E-state index contributed by atoms with van der Waals surface area (Å²) in [5.74, 6) is 0. The summed E-state index contributed by atoms with van der Waals surface area (Å²) in [5.41, 5.74) is 5.66. The minimum atomic E-state index is -0.328. The molecule has 1 saturated heterocycles. The molecule has 1 aliphatic heterocycles. The van der Waals surface area contributed by atoms with E-state index in [4.69, 9.17) is 5.73 Å². The molecule has 0 unspecified atom stereocenters. The SMILES string of the molecule is CC(C)N1CC[C@H](N)[C@@H](O)C1. The predicted octanol–water partition coefficient (Wildman–Crippen LogP) is -0.211. The minimum Gasteiger partial charge on any atom is -0.390 e. The molecule has 3 nitrogen and oxygen atoms in total. The van der Waals surface area contributed by atoms with Gasteiger partial charge in [0.15, 0.2) is 0 Å². The Balaban J connectivity index is 2.40. The maximum Gasteiger partial charge on any atom is 0.0818 e. The molecule has 1 fully saturated rings. The van der Waals surface area contributed by atoms with Crippen LogP contribution in [0.1, 0.15) is 20.3 Å². The first-order chi connectivity index (χ1) is 5.11. The normalized spacial score (nSPS) is 34.6. The van der Waals surface area contributed by atoms with Crippen molar-refractivity contribution in [3.63, 3.8) is 0 Å². The van der Waals surface area contributed by atoms with E-state index in [1.807, 2.05) is 0 Å². The Morgan fingerprint density at radius 3 is 2.64 bits per heavy atom. The van der Waals surface area contributed by atoms with Crippen LogP contribution in [0.3, 0.4) is 0 Å². The first-order valence-electron chi connectivity index (χ1n) is 4.29. The molecule has 0 aromatic carbocycles. The summed E-state index contributed by atoms with van der Waals surface area (Å²) in [4.78, 5) is 2.26. The Kier molecular flexibility index (Phi) is 2.87. The molecule has 0 spiro atoms. The highest BCUT2D eigenvalue weighted by Gasteiger charge is 2.25. The van der Waals surface area contributed by atoms with E-state index in [0.29, 0.717) is 6.04 Å². The third-order valence-electron chi connectivity index (χ3n) is 2.40. The molecule has 11 heavy (non-hydrogen) atoms. The van der Waals surface area contributed by atoms with Crippen molar-refractivity contribution in [2.75, 3.05) is 13.1 Å². The van der Waals surface area contributed by atoms with Crippen molar-refractivity contribution in [2.45, 2.75) is 38.5 Å². The van der Waals surface area contributed by atoms with Crippen molar-refractivity contribution in [3.8, 4) is 0 Å². The zero-order chi connectivity index (χ0) is 8.43. The molecule has 0 aromatic heterocycles. The fourth-order valence-corrected chi connectivity index (χ4v) is 1.44. The van der Waals surface area contributed by atoms with Gasteiger partial charge in [0.1, 0.15) is 0 Å². The Morgan fingerprint density at radius 2 is 2.18 bits per heavy atom. The van der Waals surface area contributed by atoms with Crippen molar-refractivity contribution in [1.29, 1.82) is 0 Å². The monoisotopic (exact) mass is 158 g/mol.